The summed E-state index contributed by atoms with van der Waals surface area (Å²) < 4.78 is 0. The largest absolute Gasteiger partial charge is 0.478 e. The Morgan fingerprint density at radius 2 is 2.04 bits per heavy atom. The Labute approximate surface area is 144 Å². The average molecular weight is 337 g/mol. The van der Waals surface area contributed by atoms with Gasteiger partial charge in [0.2, 0.25) is 0 Å². The molecule has 1 aromatic heterocycles. The van der Waals surface area contributed by atoms with Crippen molar-refractivity contribution in [2.45, 2.75) is 30.6 Å². The van der Waals surface area contributed by atoms with Crippen molar-refractivity contribution in [3.63, 3.8) is 0 Å². The zero-order valence-corrected chi connectivity index (χ0v) is 14.1. The quantitative estimate of drug-likeness (QED) is 0.807. The average Bonchev–Trinajstić information content (AvgIpc) is 2.52. The summed E-state index contributed by atoms with van der Waals surface area (Å²) in [7, 11) is 0. The van der Waals surface area contributed by atoms with E-state index in [1.165, 1.54) is 24.0 Å². The van der Waals surface area contributed by atoms with Gasteiger partial charge < -0.3 is 5.11 Å². The van der Waals surface area contributed by atoms with Gasteiger partial charge in [0.25, 0.3) is 0 Å². The van der Waals surface area contributed by atoms with Crippen LogP contribution in [0, 0.1) is 11.8 Å². The van der Waals surface area contributed by atoms with Crippen molar-refractivity contribution in [3.8, 4) is 11.8 Å². The smallest absolute Gasteiger partial charge is 0.337 e. The molecule has 1 aromatic carbocycles. The number of hydrogen-bond acceptors (Lipinski definition) is 4. The molecule has 0 aliphatic carbocycles. The van der Waals surface area contributed by atoms with Crippen molar-refractivity contribution in [3.05, 3.63) is 58.9 Å². The lowest BCUT2D eigenvalue weighted by atomic mass is 9.81. The fraction of sp³-hybridized carbons (Fsp3) is 0.211. The summed E-state index contributed by atoms with van der Waals surface area (Å²) in [6.07, 6.45) is 1.81. The molecule has 0 radical (unpaired) electrons. The van der Waals surface area contributed by atoms with Gasteiger partial charge >= 0.3 is 5.97 Å². The van der Waals surface area contributed by atoms with Crippen molar-refractivity contribution in [2.75, 3.05) is 0 Å². The highest BCUT2D eigenvalue weighted by Gasteiger charge is 2.32. The minimum Gasteiger partial charge on any atom is -0.478 e. The first-order chi connectivity index (χ1) is 11.3. The van der Waals surface area contributed by atoms with E-state index in [4.69, 9.17) is 5.11 Å². The molecule has 24 heavy (non-hydrogen) atoms. The van der Waals surface area contributed by atoms with Crippen molar-refractivity contribution in [2.24, 2.45) is 0 Å². The maximum atomic E-state index is 11.8. The molecule has 0 saturated heterocycles. The number of benzene rings is 1. The van der Waals surface area contributed by atoms with Gasteiger partial charge in [0.05, 0.1) is 5.56 Å². The minimum atomic E-state index is -1.01. The number of aromatic carboxylic acids is 1. The molecular weight excluding hydrogens is 322 g/mol. The number of carbonyl (C=O) groups excluding carboxylic acids is 1. The number of pyridine rings is 1. The second kappa shape index (κ2) is 6.14. The predicted molar refractivity (Wildman–Crippen MR) is 92.1 cm³/mol. The molecule has 2 heterocycles. The predicted octanol–water partition coefficient (Wildman–Crippen LogP) is 3.48. The van der Waals surface area contributed by atoms with Crippen LogP contribution in [0.25, 0.3) is 0 Å². The summed E-state index contributed by atoms with van der Waals surface area (Å²) >= 11 is 1.29. The Bertz CT molecular complexity index is 889. The molecule has 4 nitrogen and oxygen atoms in total. The molecule has 5 heteroatoms. The van der Waals surface area contributed by atoms with E-state index in [1.807, 2.05) is 18.2 Å². The Kier molecular flexibility index (Phi) is 4.16. The van der Waals surface area contributed by atoms with Crippen LogP contribution in [0.3, 0.4) is 0 Å². The third kappa shape index (κ3) is 3.34. The van der Waals surface area contributed by atoms with E-state index >= 15 is 0 Å². The topological polar surface area (TPSA) is 67.3 Å². The van der Waals surface area contributed by atoms with Crippen LogP contribution in [0.4, 0.5) is 0 Å². The number of aromatic nitrogens is 1. The van der Waals surface area contributed by atoms with Gasteiger partial charge in [-0.25, -0.2) is 9.78 Å². The van der Waals surface area contributed by atoms with Crippen LogP contribution in [-0.4, -0.2) is 21.2 Å². The maximum absolute atomic E-state index is 11.8. The lowest BCUT2D eigenvalue weighted by Crippen LogP contribution is -2.25. The summed E-state index contributed by atoms with van der Waals surface area (Å²) in [5, 5.41) is 9.05. The Balaban J connectivity index is 1.90. The van der Waals surface area contributed by atoms with Crippen LogP contribution in [0.5, 0.6) is 0 Å². The molecule has 1 aliphatic heterocycles. The van der Waals surface area contributed by atoms with E-state index in [-0.39, 0.29) is 16.1 Å². The van der Waals surface area contributed by atoms with Gasteiger partial charge in [0.15, 0.2) is 5.12 Å². The zero-order valence-electron chi connectivity index (χ0n) is 13.3. The standard InChI is InChI=1S/C19H15NO3S/c1-19(2)10-17(21)24-16-8-4-12(9-15(16)19)3-6-14-7-5-13(11-20-14)18(22)23/h4-5,7-9,11H,10H2,1-2H3,(H,22,23). The van der Waals surface area contributed by atoms with Crippen LogP contribution < -0.4 is 0 Å². The number of thioether (sulfide) groups is 1. The van der Waals surface area contributed by atoms with Crippen molar-refractivity contribution >= 4 is 22.8 Å². The van der Waals surface area contributed by atoms with Gasteiger partial charge in [-0.15, -0.1) is 0 Å². The first-order valence-corrected chi connectivity index (χ1v) is 8.23. The number of fused-ring (bicyclic) bond motifs is 1. The van der Waals surface area contributed by atoms with E-state index < -0.39 is 5.97 Å². The third-order valence-electron chi connectivity index (χ3n) is 3.86. The fourth-order valence-corrected chi connectivity index (χ4v) is 3.83. The van der Waals surface area contributed by atoms with Crippen LogP contribution >= 0.6 is 11.8 Å². The second-order valence-electron chi connectivity index (χ2n) is 6.23. The summed E-state index contributed by atoms with van der Waals surface area (Å²) in [5.41, 5.74) is 2.43. The molecule has 0 atom stereocenters. The molecule has 0 unspecified atom stereocenters. The van der Waals surface area contributed by atoms with E-state index in [0.29, 0.717) is 12.1 Å². The monoisotopic (exact) mass is 337 g/mol. The normalized spacial score (nSPS) is 15.2. The van der Waals surface area contributed by atoms with Crippen LogP contribution in [0.2, 0.25) is 0 Å². The van der Waals surface area contributed by atoms with Gasteiger partial charge in [-0.2, -0.15) is 0 Å². The van der Waals surface area contributed by atoms with Crippen LogP contribution in [-0.2, 0) is 10.2 Å². The van der Waals surface area contributed by atoms with E-state index in [9.17, 15) is 9.59 Å². The highest BCUT2D eigenvalue weighted by atomic mass is 32.2. The maximum Gasteiger partial charge on any atom is 0.337 e. The molecule has 1 aliphatic rings. The highest BCUT2D eigenvalue weighted by Crippen LogP contribution is 2.42. The van der Waals surface area contributed by atoms with Crippen molar-refractivity contribution in [1.82, 2.24) is 4.98 Å². The lowest BCUT2D eigenvalue weighted by Gasteiger charge is -2.30. The molecule has 0 fully saturated rings. The summed E-state index contributed by atoms with van der Waals surface area (Å²) in [6, 6.07) is 8.92. The number of carbonyl (C=O) groups is 2. The molecule has 1 N–H and O–H groups in total. The summed E-state index contributed by atoms with van der Waals surface area (Å²) in [6.45, 7) is 4.12. The molecule has 3 rings (SSSR count). The minimum absolute atomic E-state index is 0.137. The number of nitrogens with zero attached hydrogens (tertiary/aromatic N) is 1. The molecular formula is C19H15NO3S. The number of carboxylic acid groups (broad SMARTS) is 1. The molecule has 2 aromatic rings. The fourth-order valence-electron chi connectivity index (χ4n) is 2.57. The molecule has 0 spiro atoms. The first kappa shape index (κ1) is 16.3. The van der Waals surface area contributed by atoms with Crippen LogP contribution in [0.1, 0.15) is 47.4 Å². The summed E-state index contributed by atoms with van der Waals surface area (Å²) in [4.78, 5) is 27.6. The zero-order chi connectivity index (χ0) is 17.3. The number of hydrogen-bond donors (Lipinski definition) is 1. The van der Waals surface area contributed by atoms with Gasteiger partial charge in [0.1, 0.15) is 5.69 Å². The van der Waals surface area contributed by atoms with E-state index in [2.05, 4.69) is 30.7 Å². The van der Waals surface area contributed by atoms with E-state index in [0.717, 1.165) is 16.0 Å². The Morgan fingerprint density at radius 3 is 2.71 bits per heavy atom. The van der Waals surface area contributed by atoms with Crippen molar-refractivity contribution in [1.29, 1.82) is 0 Å². The summed E-state index contributed by atoms with van der Waals surface area (Å²) in [5.74, 6) is 4.99. The van der Waals surface area contributed by atoms with Crippen LogP contribution in [0.15, 0.2) is 41.4 Å². The van der Waals surface area contributed by atoms with E-state index in [1.54, 1.807) is 6.07 Å². The highest BCUT2D eigenvalue weighted by molar-refractivity contribution is 8.13. The van der Waals surface area contributed by atoms with Crippen molar-refractivity contribution < 1.29 is 14.7 Å². The lowest BCUT2D eigenvalue weighted by molar-refractivity contribution is -0.112. The molecule has 0 bridgehead atoms. The Hall–Kier alpha value is -2.58. The molecule has 120 valence electrons. The van der Waals surface area contributed by atoms with Gasteiger partial charge in [0, 0.05) is 23.1 Å². The second-order valence-corrected chi connectivity index (χ2v) is 7.33. The number of carboxylic acids is 1. The molecule has 0 amide bonds. The third-order valence-corrected chi connectivity index (χ3v) is 4.81. The first-order valence-electron chi connectivity index (χ1n) is 7.42. The molecule has 0 saturated carbocycles. The number of rotatable bonds is 1. The Morgan fingerprint density at radius 1 is 1.25 bits per heavy atom. The van der Waals surface area contributed by atoms with Gasteiger partial charge in [-0.05, 0) is 47.2 Å². The SMILES string of the molecule is CC1(C)CC(=O)Sc2ccc(C#Cc3ccc(C(=O)O)cn3)cc21. The van der Waals surface area contributed by atoms with Gasteiger partial charge in [-0.1, -0.05) is 31.5 Å². The van der Waals surface area contributed by atoms with Gasteiger partial charge in [-0.3, -0.25) is 4.79 Å².